The third-order valence-corrected chi connectivity index (χ3v) is 4.26. The number of rotatable bonds is 3. The Kier molecular flexibility index (Phi) is 4.76. The van der Waals surface area contributed by atoms with Crippen molar-refractivity contribution >= 4 is 5.91 Å². The molecule has 25 heavy (non-hydrogen) atoms. The summed E-state index contributed by atoms with van der Waals surface area (Å²) in [5, 5.41) is 13.5. The fourth-order valence-electron chi connectivity index (χ4n) is 2.88. The highest BCUT2D eigenvalue weighted by Gasteiger charge is 2.34. The summed E-state index contributed by atoms with van der Waals surface area (Å²) in [6.07, 6.45) is -1.53. The summed E-state index contributed by atoms with van der Waals surface area (Å²) >= 11 is 0. The lowest BCUT2D eigenvalue weighted by molar-refractivity contribution is -0.137. The van der Waals surface area contributed by atoms with Crippen molar-refractivity contribution in [3.8, 4) is 5.69 Å². The third kappa shape index (κ3) is 3.81. The first-order chi connectivity index (χ1) is 11.9. The molecular formula is C16H18F3N5O. The lowest BCUT2D eigenvalue weighted by Crippen LogP contribution is -2.51. The Morgan fingerprint density at radius 3 is 2.84 bits per heavy atom. The number of benzene rings is 1. The van der Waals surface area contributed by atoms with Gasteiger partial charge >= 0.3 is 6.18 Å². The largest absolute Gasteiger partial charge is 0.418 e. The first kappa shape index (κ1) is 17.4. The highest BCUT2D eigenvalue weighted by Crippen LogP contribution is 2.33. The van der Waals surface area contributed by atoms with Gasteiger partial charge in [0, 0.05) is 12.1 Å². The van der Waals surface area contributed by atoms with E-state index in [1.807, 2.05) is 6.92 Å². The van der Waals surface area contributed by atoms with Crippen molar-refractivity contribution in [3.05, 3.63) is 41.7 Å². The van der Waals surface area contributed by atoms with Crippen LogP contribution in [-0.4, -0.2) is 39.5 Å². The number of hydrogen-bond donors (Lipinski definition) is 2. The minimum absolute atomic E-state index is 0.0187. The highest BCUT2D eigenvalue weighted by atomic mass is 19.4. The van der Waals surface area contributed by atoms with Gasteiger partial charge in [-0.1, -0.05) is 17.3 Å². The normalized spacial score (nSPS) is 21.1. The SMILES string of the molecule is CC1NCCCC1NC(=O)c1cn(-c2ccccc2C(F)(F)F)nn1. The van der Waals surface area contributed by atoms with E-state index in [1.165, 1.54) is 24.4 Å². The van der Waals surface area contributed by atoms with Crippen molar-refractivity contribution in [1.29, 1.82) is 0 Å². The summed E-state index contributed by atoms with van der Waals surface area (Å²) in [6.45, 7) is 2.87. The van der Waals surface area contributed by atoms with Crippen LogP contribution in [0.2, 0.25) is 0 Å². The number of nitrogens with one attached hydrogen (secondary N) is 2. The topological polar surface area (TPSA) is 71.8 Å². The van der Waals surface area contributed by atoms with Crippen LogP contribution in [0.15, 0.2) is 30.5 Å². The number of carbonyl (C=O) groups excluding carboxylic acids is 1. The number of alkyl halides is 3. The van der Waals surface area contributed by atoms with E-state index in [9.17, 15) is 18.0 Å². The smallest absolute Gasteiger partial charge is 0.346 e. The number of piperidine rings is 1. The maximum absolute atomic E-state index is 13.1. The lowest BCUT2D eigenvalue weighted by Gasteiger charge is -2.30. The van der Waals surface area contributed by atoms with Gasteiger partial charge in [0.25, 0.3) is 5.91 Å². The number of aromatic nitrogens is 3. The zero-order valence-corrected chi connectivity index (χ0v) is 13.5. The van der Waals surface area contributed by atoms with Gasteiger partial charge in [-0.05, 0) is 38.4 Å². The fourth-order valence-corrected chi connectivity index (χ4v) is 2.88. The lowest BCUT2D eigenvalue weighted by atomic mass is 10.00. The van der Waals surface area contributed by atoms with Crippen molar-refractivity contribution in [3.63, 3.8) is 0 Å². The molecule has 1 aliphatic heterocycles. The second-order valence-corrected chi connectivity index (χ2v) is 6.03. The van der Waals surface area contributed by atoms with Crippen LogP contribution in [0, 0.1) is 0 Å². The fraction of sp³-hybridized carbons (Fsp3) is 0.438. The van der Waals surface area contributed by atoms with Crippen molar-refractivity contribution < 1.29 is 18.0 Å². The molecule has 9 heteroatoms. The molecule has 0 radical (unpaired) electrons. The molecule has 2 heterocycles. The number of nitrogens with zero attached hydrogens (tertiary/aromatic N) is 3. The molecular weight excluding hydrogens is 335 g/mol. The first-order valence-corrected chi connectivity index (χ1v) is 7.99. The van der Waals surface area contributed by atoms with E-state index >= 15 is 0 Å². The molecule has 2 atom stereocenters. The highest BCUT2D eigenvalue weighted by molar-refractivity contribution is 5.92. The van der Waals surface area contributed by atoms with Crippen LogP contribution in [0.1, 0.15) is 35.8 Å². The molecule has 0 aliphatic carbocycles. The Balaban J connectivity index is 1.80. The van der Waals surface area contributed by atoms with Crippen molar-refractivity contribution in [2.75, 3.05) is 6.54 Å². The minimum Gasteiger partial charge on any atom is -0.346 e. The molecule has 3 rings (SSSR count). The number of amides is 1. The molecule has 6 nitrogen and oxygen atoms in total. The summed E-state index contributed by atoms with van der Waals surface area (Å²) in [7, 11) is 0. The Labute approximate surface area is 142 Å². The van der Waals surface area contributed by atoms with Gasteiger partial charge in [-0.2, -0.15) is 13.2 Å². The summed E-state index contributed by atoms with van der Waals surface area (Å²) in [5.41, 5.74) is -1.03. The molecule has 1 saturated heterocycles. The van der Waals surface area contributed by atoms with Gasteiger partial charge in [0.05, 0.1) is 17.4 Å². The first-order valence-electron chi connectivity index (χ1n) is 7.99. The molecule has 1 aromatic carbocycles. The Bertz CT molecular complexity index is 758. The molecule has 1 fully saturated rings. The predicted octanol–water partition coefficient (Wildman–Crippen LogP) is 2.16. The van der Waals surface area contributed by atoms with E-state index in [1.54, 1.807) is 0 Å². The van der Waals surface area contributed by atoms with Crippen LogP contribution in [0.25, 0.3) is 5.69 Å². The predicted molar refractivity (Wildman–Crippen MR) is 84.3 cm³/mol. The summed E-state index contributed by atoms with van der Waals surface area (Å²) in [4.78, 5) is 12.3. The van der Waals surface area contributed by atoms with Gasteiger partial charge in [0.15, 0.2) is 5.69 Å². The van der Waals surface area contributed by atoms with Crippen LogP contribution in [0.5, 0.6) is 0 Å². The van der Waals surface area contributed by atoms with E-state index in [2.05, 4.69) is 20.9 Å². The Morgan fingerprint density at radius 2 is 2.12 bits per heavy atom. The maximum Gasteiger partial charge on any atom is 0.418 e. The zero-order valence-electron chi connectivity index (χ0n) is 13.5. The summed E-state index contributed by atoms with van der Waals surface area (Å²) in [5.74, 6) is -0.448. The van der Waals surface area contributed by atoms with Crippen molar-refractivity contribution in [2.45, 2.75) is 38.0 Å². The number of para-hydroxylation sites is 1. The zero-order chi connectivity index (χ0) is 18.0. The molecule has 2 N–H and O–H groups in total. The Hall–Kier alpha value is -2.42. The van der Waals surface area contributed by atoms with Crippen LogP contribution < -0.4 is 10.6 Å². The van der Waals surface area contributed by atoms with Gasteiger partial charge in [-0.3, -0.25) is 4.79 Å². The standard InChI is InChI=1S/C16H18F3N5O/c1-10-12(6-4-8-20-10)21-15(25)13-9-24(23-22-13)14-7-3-2-5-11(14)16(17,18)19/h2-3,5,7,9-10,12,20H,4,6,8H2,1H3,(H,21,25). The second-order valence-electron chi connectivity index (χ2n) is 6.03. The monoisotopic (exact) mass is 353 g/mol. The van der Waals surface area contributed by atoms with Crippen molar-refractivity contribution in [1.82, 2.24) is 25.6 Å². The number of hydrogen-bond acceptors (Lipinski definition) is 4. The molecule has 0 spiro atoms. The molecule has 2 unspecified atom stereocenters. The van der Waals surface area contributed by atoms with Gasteiger partial charge in [0.1, 0.15) is 0 Å². The average molecular weight is 353 g/mol. The summed E-state index contributed by atoms with van der Waals surface area (Å²) in [6, 6.07) is 5.10. The van der Waals surface area contributed by atoms with E-state index in [0.717, 1.165) is 30.1 Å². The van der Waals surface area contributed by atoms with E-state index in [0.29, 0.717) is 0 Å². The van der Waals surface area contributed by atoms with E-state index in [-0.39, 0.29) is 23.5 Å². The third-order valence-electron chi connectivity index (χ3n) is 4.26. The van der Waals surface area contributed by atoms with Gasteiger partial charge in [-0.25, -0.2) is 4.68 Å². The molecule has 1 aliphatic rings. The second kappa shape index (κ2) is 6.83. The molecule has 1 aromatic heterocycles. The molecule has 2 aromatic rings. The molecule has 0 saturated carbocycles. The molecule has 1 amide bonds. The molecule has 0 bridgehead atoms. The van der Waals surface area contributed by atoms with Gasteiger partial charge < -0.3 is 10.6 Å². The Morgan fingerprint density at radius 1 is 1.36 bits per heavy atom. The van der Waals surface area contributed by atoms with Crippen LogP contribution in [0.4, 0.5) is 13.2 Å². The van der Waals surface area contributed by atoms with Crippen LogP contribution in [0.3, 0.4) is 0 Å². The average Bonchev–Trinajstić information content (AvgIpc) is 3.06. The van der Waals surface area contributed by atoms with Crippen LogP contribution in [-0.2, 0) is 6.18 Å². The van der Waals surface area contributed by atoms with E-state index in [4.69, 9.17) is 0 Å². The minimum atomic E-state index is -4.52. The number of carbonyl (C=O) groups is 1. The summed E-state index contributed by atoms with van der Waals surface area (Å²) < 4.78 is 40.3. The van der Waals surface area contributed by atoms with Gasteiger partial charge in [0.2, 0.25) is 0 Å². The quantitative estimate of drug-likeness (QED) is 0.887. The van der Waals surface area contributed by atoms with E-state index < -0.39 is 17.6 Å². The number of halogens is 3. The molecule has 134 valence electrons. The van der Waals surface area contributed by atoms with Crippen molar-refractivity contribution in [2.24, 2.45) is 0 Å². The van der Waals surface area contributed by atoms with Crippen LogP contribution >= 0.6 is 0 Å². The maximum atomic E-state index is 13.1. The van der Waals surface area contributed by atoms with Gasteiger partial charge in [-0.15, -0.1) is 5.10 Å².